The van der Waals surface area contributed by atoms with Gasteiger partial charge in [-0.2, -0.15) is 29.4 Å². The molecule has 1 radical (unpaired) electrons. The fourth-order valence-electron chi connectivity index (χ4n) is 4.19. The number of aromatic nitrogens is 3. The molecule has 6 aromatic rings. The molecule has 0 spiro atoms. The van der Waals surface area contributed by atoms with Gasteiger partial charge in [-0.05, 0) is 53.9 Å². The molecular formula is C32H25IrN3-2. The number of aryl methyl sites for hydroxylation is 2. The van der Waals surface area contributed by atoms with Gasteiger partial charge >= 0.3 is 0 Å². The van der Waals surface area contributed by atoms with Crippen molar-refractivity contribution in [1.29, 1.82) is 0 Å². The molecule has 4 heteroatoms. The average molecular weight is 644 g/mol. The molecule has 2 aromatic heterocycles. The Hall–Kier alpha value is -3.85. The van der Waals surface area contributed by atoms with Crippen LogP contribution in [0.25, 0.3) is 39.1 Å². The van der Waals surface area contributed by atoms with E-state index in [9.17, 15) is 0 Å². The predicted octanol–water partition coefficient (Wildman–Crippen LogP) is 7.66. The van der Waals surface area contributed by atoms with Crippen molar-refractivity contribution in [3.8, 4) is 28.2 Å². The van der Waals surface area contributed by atoms with Crippen LogP contribution in [0.15, 0.2) is 115 Å². The van der Waals surface area contributed by atoms with E-state index < -0.39 is 0 Å². The number of rotatable bonds is 3. The quantitative estimate of drug-likeness (QED) is 0.186. The van der Waals surface area contributed by atoms with Crippen LogP contribution in [0.1, 0.15) is 11.1 Å². The molecule has 0 aliphatic carbocycles. The van der Waals surface area contributed by atoms with Gasteiger partial charge < -0.3 is 0 Å². The van der Waals surface area contributed by atoms with E-state index in [1.54, 1.807) is 0 Å². The molecule has 2 heterocycles. The van der Waals surface area contributed by atoms with Gasteiger partial charge in [0.1, 0.15) is 0 Å². The third kappa shape index (κ3) is 5.52. The van der Waals surface area contributed by atoms with Crippen molar-refractivity contribution in [1.82, 2.24) is 14.8 Å². The Morgan fingerprint density at radius 1 is 0.667 bits per heavy atom. The minimum atomic E-state index is 0. The standard InChI is InChI=1S/C17H15N2.C15H10N.Ir/c1-13-7-6-8-14(2)17(13)16-11-12-18-19(16)15-9-4-3-5-10-15;1-2-6-12(7-3-1)15-11-10-13-8-4-5-9-14(13)16-15;/h3-9,11-12H,1-2H3;1-6,8-11H;/q2*-1;. The van der Waals surface area contributed by atoms with Gasteiger partial charge in [-0.1, -0.05) is 48.5 Å². The zero-order valence-electron chi connectivity index (χ0n) is 20.1. The summed E-state index contributed by atoms with van der Waals surface area (Å²) in [4.78, 5) is 4.61. The second-order valence-corrected chi connectivity index (χ2v) is 8.31. The van der Waals surface area contributed by atoms with Gasteiger partial charge in [-0.3, -0.25) is 9.67 Å². The third-order valence-electron chi connectivity index (χ3n) is 5.88. The molecule has 0 bridgehead atoms. The van der Waals surface area contributed by atoms with Gasteiger partial charge in [0.25, 0.3) is 0 Å². The summed E-state index contributed by atoms with van der Waals surface area (Å²) in [5, 5.41) is 5.60. The van der Waals surface area contributed by atoms with Gasteiger partial charge in [0.15, 0.2) is 0 Å². The van der Waals surface area contributed by atoms with Crippen molar-refractivity contribution in [2.24, 2.45) is 0 Å². The van der Waals surface area contributed by atoms with E-state index in [-0.39, 0.29) is 20.1 Å². The summed E-state index contributed by atoms with van der Waals surface area (Å²) in [6.45, 7) is 4.27. The van der Waals surface area contributed by atoms with Crippen molar-refractivity contribution in [2.75, 3.05) is 0 Å². The van der Waals surface area contributed by atoms with Crippen LogP contribution in [0.2, 0.25) is 0 Å². The van der Waals surface area contributed by atoms with Crippen LogP contribution in [-0.2, 0) is 20.1 Å². The Morgan fingerprint density at radius 2 is 1.39 bits per heavy atom. The van der Waals surface area contributed by atoms with E-state index in [2.05, 4.69) is 72.5 Å². The van der Waals surface area contributed by atoms with Gasteiger partial charge in [0.2, 0.25) is 0 Å². The van der Waals surface area contributed by atoms with E-state index in [4.69, 9.17) is 0 Å². The predicted molar refractivity (Wildman–Crippen MR) is 143 cm³/mol. The van der Waals surface area contributed by atoms with Crippen molar-refractivity contribution in [3.63, 3.8) is 0 Å². The molecular weight excluding hydrogens is 619 g/mol. The molecule has 6 rings (SSSR count). The molecule has 0 unspecified atom stereocenters. The number of hydrogen-bond donors (Lipinski definition) is 0. The summed E-state index contributed by atoms with van der Waals surface area (Å²) in [6, 6.07) is 42.9. The number of nitrogens with zero attached hydrogens (tertiary/aromatic N) is 3. The monoisotopic (exact) mass is 644 g/mol. The molecule has 36 heavy (non-hydrogen) atoms. The molecule has 0 saturated heterocycles. The van der Waals surface area contributed by atoms with Gasteiger partial charge in [-0.15, -0.1) is 42.0 Å². The second-order valence-electron chi connectivity index (χ2n) is 8.31. The second kappa shape index (κ2) is 11.7. The summed E-state index contributed by atoms with van der Waals surface area (Å²) in [5.74, 6) is 0. The summed E-state index contributed by atoms with van der Waals surface area (Å²) in [6.07, 6.45) is 1.84. The Bertz CT molecular complexity index is 1540. The Kier molecular flexibility index (Phi) is 8.22. The zero-order valence-corrected chi connectivity index (χ0v) is 22.5. The van der Waals surface area contributed by atoms with Crippen molar-refractivity contribution < 1.29 is 20.1 Å². The Morgan fingerprint density at radius 3 is 2.11 bits per heavy atom. The van der Waals surface area contributed by atoms with E-state index in [1.807, 2.05) is 83.7 Å². The summed E-state index contributed by atoms with van der Waals surface area (Å²) < 4.78 is 1.94. The first-order valence-electron chi connectivity index (χ1n) is 11.6. The Labute approximate surface area is 225 Å². The molecule has 4 aromatic carbocycles. The van der Waals surface area contributed by atoms with Gasteiger partial charge in [0.05, 0.1) is 11.2 Å². The minimum Gasteiger partial charge on any atom is -0.296 e. The van der Waals surface area contributed by atoms with E-state index in [0.717, 1.165) is 28.2 Å². The first-order chi connectivity index (χ1) is 17.2. The largest absolute Gasteiger partial charge is 0.296 e. The van der Waals surface area contributed by atoms with Crippen LogP contribution >= 0.6 is 0 Å². The normalized spacial score (nSPS) is 10.3. The van der Waals surface area contributed by atoms with Crippen LogP contribution in [0.3, 0.4) is 0 Å². The molecule has 0 aliphatic heterocycles. The molecule has 0 atom stereocenters. The van der Waals surface area contributed by atoms with Crippen LogP contribution in [0, 0.1) is 26.0 Å². The molecule has 0 amide bonds. The number of benzene rings is 4. The fraction of sp³-hybridized carbons (Fsp3) is 0.0625. The molecule has 179 valence electrons. The minimum absolute atomic E-state index is 0. The first-order valence-corrected chi connectivity index (χ1v) is 11.6. The zero-order chi connectivity index (χ0) is 24.0. The topological polar surface area (TPSA) is 30.7 Å². The maximum atomic E-state index is 4.61. The third-order valence-corrected chi connectivity index (χ3v) is 5.88. The summed E-state index contributed by atoms with van der Waals surface area (Å²) in [7, 11) is 0. The molecule has 0 aliphatic rings. The average Bonchev–Trinajstić information content (AvgIpc) is 3.39. The molecule has 0 N–H and O–H groups in total. The number of pyridine rings is 1. The summed E-state index contributed by atoms with van der Waals surface area (Å²) in [5.41, 5.74) is 8.88. The first kappa shape index (κ1) is 25.2. The Balaban J connectivity index is 0.000000167. The maximum Gasteiger partial charge on any atom is 0.0721 e. The molecule has 0 fully saturated rings. The van der Waals surface area contributed by atoms with Crippen molar-refractivity contribution >= 4 is 10.9 Å². The van der Waals surface area contributed by atoms with Crippen molar-refractivity contribution in [3.05, 3.63) is 139 Å². The van der Waals surface area contributed by atoms with Crippen LogP contribution in [-0.4, -0.2) is 14.8 Å². The van der Waals surface area contributed by atoms with Crippen LogP contribution < -0.4 is 0 Å². The molecule has 3 nitrogen and oxygen atoms in total. The van der Waals surface area contributed by atoms with E-state index >= 15 is 0 Å². The number of para-hydroxylation sites is 2. The van der Waals surface area contributed by atoms with E-state index in [1.165, 1.54) is 22.1 Å². The fourth-order valence-corrected chi connectivity index (χ4v) is 4.19. The SMILES string of the molecule is Cc1cccc(C)c1-c1ccnn1-c1[c-]cccc1.[Ir].[c-]1ccccc1-c1ccc2ccccc2n1. The van der Waals surface area contributed by atoms with Crippen LogP contribution in [0.4, 0.5) is 0 Å². The maximum absolute atomic E-state index is 4.61. The van der Waals surface area contributed by atoms with Crippen molar-refractivity contribution in [2.45, 2.75) is 13.8 Å². The summed E-state index contributed by atoms with van der Waals surface area (Å²) >= 11 is 0. The van der Waals surface area contributed by atoms with Crippen LogP contribution in [0.5, 0.6) is 0 Å². The number of hydrogen-bond acceptors (Lipinski definition) is 2. The smallest absolute Gasteiger partial charge is 0.0721 e. The van der Waals surface area contributed by atoms with Gasteiger partial charge in [0, 0.05) is 31.9 Å². The number of fused-ring (bicyclic) bond motifs is 1. The molecule has 0 saturated carbocycles. The van der Waals surface area contributed by atoms with E-state index in [0.29, 0.717) is 0 Å². The van der Waals surface area contributed by atoms with Gasteiger partial charge in [-0.25, -0.2) is 0 Å².